The molecule has 42 heavy (non-hydrogen) atoms. The van der Waals surface area contributed by atoms with Gasteiger partial charge in [-0.25, -0.2) is 0 Å². The Hall–Kier alpha value is -3.11. The summed E-state index contributed by atoms with van der Waals surface area (Å²) in [5.74, 6) is 2.02. The highest BCUT2D eigenvalue weighted by atomic mass is 16.5. The number of nitrogens with zero attached hydrogens (tertiary/aromatic N) is 3. The summed E-state index contributed by atoms with van der Waals surface area (Å²) >= 11 is 0. The molecule has 3 rings (SSSR count). The van der Waals surface area contributed by atoms with Gasteiger partial charge < -0.3 is 9.64 Å². The standard InChI is InChI=1S/C38H55N3O/c1-8-12-27-40(6)38(37-31(9-2)21-18-22-32(37)10-3)39-35(33-19-14-13-15-20-33)26-29-41-28-17-16-23-36(41)30(5)24-25-34(11-4)42-7/h11,13-15,18-22,24-25,35-36H,5,8-10,12,16-17,23,26-29H2,1-4,6-7H3/b25-24-,34-11+,39-38?. The number of unbranched alkanes of at least 4 members (excludes halogenated alkanes) is 1. The van der Waals surface area contributed by atoms with Crippen molar-refractivity contribution < 1.29 is 4.74 Å². The maximum absolute atomic E-state index is 5.68. The second kappa shape index (κ2) is 17.8. The van der Waals surface area contributed by atoms with Crippen molar-refractivity contribution in [1.82, 2.24) is 9.80 Å². The number of amidine groups is 1. The molecule has 2 atom stereocenters. The lowest BCUT2D eigenvalue weighted by molar-refractivity contribution is 0.169. The van der Waals surface area contributed by atoms with Crippen LogP contribution in [0.1, 0.15) is 94.5 Å². The van der Waals surface area contributed by atoms with Gasteiger partial charge in [0.2, 0.25) is 0 Å². The van der Waals surface area contributed by atoms with Crippen LogP contribution >= 0.6 is 0 Å². The first-order valence-electron chi connectivity index (χ1n) is 16.2. The van der Waals surface area contributed by atoms with Gasteiger partial charge in [-0.15, -0.1) is 0 Å². The summed E-state index contributed by atoms with van der Waals surface area (Å²) in [6.07, 6.45) is 15.1. The molecule has 4 heteroatoms. The average molecular weight is 570 g/mol. The molecule has 1 aliphatic rings. The van der Waals surface area contributed by atoms with Crippen molar-refractivity contribution >= 4 is 5.84 Å². The number of methoxy groups -OCH3 is 1. The van der Waals surface area contributed by atoms with Gasteiger partial charge in [0.25, 0.3) is 0 Å². The quantitative estimate of drug-likeness (QED) is 0.0927. The molecule has 2 unspecified atom stereocenters. The van der Waals surface area contributed by atoms with E-state index in [4.69, 9.17) is 9.73 Å². The van der Waals surface area contributed by atoms with Crippen molar-refractivity contribution in [3.63, 3.8) is 0 Å². The number of allylic oxidation sites excluding steroid dienone is 2. The van der Waals surface area contributed by atoms with E-state index in [0.29, 0.717) is 6.04 Å². The minimum absolute atomic E-state index is 0.0781. The number of rotatable bonds is 15. The largest absolute Gasteiger partial charge is 0.497 e. The van der Waals surface area contributed by atoms with Crippen LogP contribution in [0.15, 0.2) is 89.7 Å². The first kappa shape index (κ1) is 33.4. The zero-order valence-corrected chi connectivity index (χ0v) is 27.2. The predicted octanol–water partition coefficient (Wildman–Crippen LogP) is 8.94. The van der Waals surface area contributed by atoms with E-state index >= 15 is 0 Å². The molecule has 1 aliphatic heterocycles. The fraction of sp³-hybridized carbons (Fsp3) is 0.500. The van der Waals surface area contributed by atoms with Crippen LogP contribution in [0.4, 0.5) is 0 Å². The highest BCUT2D eigenvalue weighted by Crippen LogP contribution is 2.29. The number of piperidine rings is 1. The molecule has 0 bridgehead atoms. The van der Waals surface area contributed by atoms with E-state index in [1.807, 2.05) is 19.1 Å². The van der Waals surface area contributed by atoms with Crippen LogP contribution in [0, 0.1) is 0 Å². The molecule has 228 valence electrons. The summed E-state index contributed by atoms with van der Waals surface area (Å²) in [5.41, 5.74) is 6.57. The van der Waals surface area contributed by atoms with Crippen LogP contribution in [0.2, 0.25) is 0 Å². The average Bonchev–Trinajstić information content (AvgIpc) is 3.04. The van der Waals surface area contributed by atoms with Crippen molar-refractivity contribution in [2.24, 2.45) is 4.99 Å². The molecule has 0 radical (unpaired) electrons. The number of aryl methyl sites for hydroxylation is 2. The second-order valence-corrected chi connectivity index (χ2v) is 11.5. The molecule has 1 saturated heterocycles. The molecule has 0 amide bonds. The predicted molar refractivity (Wildman–Crippen MR) is 181 cm³/mol. The van der Waals surface area contributed by atoms with Crippen molar-refractivity contribution in [3.05, 3.63) is 107 Å². The molecular formula is C38H55N3O. The number of likely N-dealkylation sites (tertiary alicyclic amines) is 1. The highest BCUT2D eigenvalue weighted by molar-refractivity contribution is 6.01. The summed E-state index contributed by atoms with van der Waals surface area (Å²) in [4.78, 5) is 10.7. The summed E-state index contributed by atoms with van der Waals surface area (Å²) in [5, 5.41) is 0. The van der Waals surface area contributed by atoms with Gasteiger partial charge in [0.1, 0.15) is 11.6 Å². The molecule has 1 heterocycles. The Kier molecular flexibility index (Phi) is 14.1. The smallest absolute Gasteiger partial charge is 0.131 e. The second-order valence-electron chi connectivity index (χ2n) is 11.5. The third-order valence-corrected chi connectivity index (χ3v) is 8.61. The van der Waals surface area contributed by atoms with Crippen LogP contribution in [0.3, 0.4) is 0 Å². The van der Waals surface area contributed by atoms with E-state index in [-0.39, 0.29) is 6.04 Å². The highest BCUT2D eigenvalue weighted by Gasteiger charge is 2.26. The summed E-state index contributed by atoms with van der Waals surface area (Å²) in [7, 11) is 3.95. The zero-order valence-electron chi connectivity index (χ0n) is 27.2. The van der Waals surface area contributed by atoms with Crippen molar-refractivity contribution in [2.45, 2.75) is 91.1 Å². The van der Waals surface area contributed by atoms with E-state index < -0.39 is 0 Å². The van der Waals surface area contributed by atoms with Gasteiger partial charge in [0.15, 0.2) is 0 Å². The lowest BCUT2D eigenvalue weighted by Gasteiger charge is -2.37. The van der Waals surface area contributed by atoms with E-state index in [9.17, 15) is 0 Å². The number of hydrogen-bond donors (Lipinski definition) is 0. The number of ether oxygens (including phenoxy) is 1. The Labute approximate surface area is 256 Å². The van der Waals surface area contributed by atoms with E-state index in [0.717, 1.165) is 68.9 Å². The van der Waals surface area contributed by atoms with Crippen LogP contribution in [-0.4, -0.2) is 55.5 Å². The normalized spacial score (nSPS) is 17.4. The van der Waals surface area contributed by atoms with Crippen LogP contribution in [0.25, 0.3) is 0 Å². The van der Waals surface area contributed by atoms with Gasteiger partial charge in [-0.1, -0.05) is 94.8 Å². The van der Waals surface area contributed by atoms with Gasteiger partial charge in [-0.05, 0) is 86.4 Å². The van der Waals surface area contributed by atoms with Crippen LogP contribution in [-0.2, 0) is 17.6 Å². The van der Waals surface area contributed by atoms with Crippen molar-refractivity contribution in [2.75, 3.05) is 33.8 Å². The zero-order chi connectivity index (χ0) is 30.3. The van der Waals surface area contributed by atoms with E-state index in [2.05, 4.69) is 98.8 Å². The fourth-order valence-corrected chi connectivity index (χ4v) is 6.06. The maximum atomic E-state index is 5.68. The molecule has 0 saturated carbocycles. The first-order valence-corrected chi connectivity index (χ1v) is 16.2. The molecule has 4 nitrogen and oxygen atoms in total. The minimum Gasteiger partial charge on any atom is -0.497 e. The minimum atomic E-state index is 0.0781. The molecule has 1 fully saturated rings. The molecule has 0 N–H and O–H groups in total. The number of hydrogen-bond acceptors (Lipinski definition) is 3. The Balaban J connectivity index is 1.98. The topological polar surface area (TPSA) is 28.1 Å². The fourth-order valence-electron chi connectivity index (χ4n) is 6.06. The number of benzene rings is 2. The summed E-state index contributed by atoms with van der Waals surface area (Å²) < 4.78 is 5.44. The molecule has 0 aromatic heterocycles. The van der Waals surface area contributed by atoms with Gasteiger partial charge in [0, 0.05) is 31.7 Å². The third kappa shape index (κ3) is 9.19. The Morgan fingerprint density at radius 1 is 1.05 bits per heavy atom. The first-order chi connectivity index (χ1) is 20.5. The third-order valence-electron chi connectivity index (χ3n) is 8.61. The Morgan fingerprint density at radius 2 is 1.76 bits per heavy atom. The van der Waals surface area contributed by atoms with Gasteiger partial charge in [0.05, 0.1) is 13.2 Å². The van der Waals surface area contributed by atoms with E-state index in [1.165, 1.54) is 41.5 Å². The molecule has 0 aliphatic carbocycles. The van der Waals surface area contributed by atoms with Crippen LogP contribution < -0.4 is 0 Å². The van der Waals surface area contributed by atoms with Gasteiger partial charge >= 0.3 is 0 Å². The maximum Gasteiger partial charge on any atom is 0.131 e. The number of aliphatic imine (C=N–C) groups is 1. The lowest BCUT2D eigenvalue weighted by atomic mass is 9.94. The molecule has 2 aromatic rings. The van der Waals surface area contributed by atoms with Gasteiger partial charge in [-0.3, -0.25) is 9.89 Å². The van der Waals surface area contributed by atoms with Crippen molar-refractivity contribution in [3.8, 4) is 0 Å². The van der Waals surface area contributed by atoms with Crippen LogP contribution in [0.5, 0.6) is 0 Å². The SMILES string of the molecule is C=C(/C=C\C(=C/C)OC)C1CCCCN1CCC(N=C(c1c(CC)cccc1CC)N(C)CCCC)c1ccccc1. The lowest BCUT2D eigenvalue weighted by Crippen LogP contribution is -2.41. The summed E-state index contributed by atoms with van der Waals surface area (Å²) in [6, 6.07) is 18.1. The van der Waals surface area contributed by atoms with E-state index in [1.54, 1.807) is 7.11 Å². The Bertz CT molecular complexity index is 1170. The molecule has 0 spiro atoms. The Morgan fingerprint density at radius 3 is 2.38 bits per heavy atom. The van der Waals surface area contributed by atoms with Gasteiger partial charge in [-0.2, -0.15) is 0 Å². The molecular weight excluding hydrogens is 514 g/mol. The summed E-state index contributed by atoms with van der Waals surface area (Å²) in [6.45, 7) is 16.4. The monoisotopic (exact) mass is 569 g/mol. The molecule has 2 aromatic carbocycles. The van der Waals surface area contributed by atoms with Crippen molar-refractivity contribution in [1.29, 1.82) is 0 Å².